The van der Waals surface area contributed by atoms with Gasteiger partial charge in [0, 0.05) is 38.9 Å². The van der Waals surface area contributed by atoms with Crippen LogP contribution in [0.25, 0.3) is 0 Å². The van der Waals surface area contributed by atoms with Crippen LogP contribution in [0.2, 0.25) is 0 Å². The largest absolute Gasteiger partial charge is 0.375 e. The Balaban J connectivity index is 1.43. The lowest BCUT2D eigenvalue weighted by atomic mass is 10.1. The van der Waals surface area contributed by atoms with E-state index >= 15 is 0 Å². The monoisotopic (exact) mass is 429 g/mol. The zero-order valence-corrected chi connectivity index (χ0v) is 18.4. The lowest BCUT2D eigenvalue weighted by Gasteiger charge is -2.25. The molecule has 1 heterocycles. The number of piperidine rings is 1. The van der Waals surface area contributed by atoms with E-state index in [0.29, 0.717) is 24.5 Å². The first-order valence-electron chi connectivity index (χ1n) is 10.6. The van der Waals surface area contributed by atoms with Crippen LogP contribution in [0.3, 0.4) is 0 Å². The smallest absolute Gasteiger partial charge is 0.243 e. The molecular weight excluding hydrogens is 398 g/mol. The van der Waals surface area contributed by atoms with Crippen LogP contribution in [0.1, 0.15) is 31.2 Å². The fraction of sp³-hybridized carbons (Fsp3) is 0.435. The van der Waals surface area contributed by atoms with Gasteiger partial charge in [0.25, 0.3) is 0 Å². The molecule has 1 aliphatic heterocycles. The third-order valence-corrected chi connectivity index (χ3v) is 7.34. The van der Waals surface area contributed by atoms with E-state index in [9.17, 15) is 13.2 Å². The van der Waals surface area contributed by atoms with Gasteiger partial charge in [0.15, 0.2) is 0 Å². The maximum absolute atomic E-state index is 12.7. The first-order valence-corrected chi connectivity index (χ1v) is 12.0. The summed E-state index contributed by atoms with van der Waals surface area (Å²) in [5.74, 6) is -0.0519. The molecule has 0 unspecified atom stereocenters. The predicted octanol–water partition coefficient (Wildman–Crippen LogP) is 3.05. The molecule has 0 atom stereocenters. The summed E-state index contributed by atoms with van der Waals surface area (Å²) < 4.78 is 27.0. The van der Waals surface area contributed by atoms with Crippen LogP contribution >= 0.6 is 0 Å². The van der Waals surface area contributed by atoms with E-state index in [1.54, 1.807) is 28.6 Å². The standard InChI is InChI=1S/C23H31N3O3S/c1-25(21-9-4-2-5-10-21)16-8-15-24-23(27)19-20-11-13-22(14-12-20)30(28,29)26-17-6-3-7-18-26/h2,4-5,9-14H,3,6-8,15-19H2,1H3,(H,24,27). The molecule has 0 aromatic heterocycles. The quantitative estimate of drug-likeness (QED) is 0.622. The third-order valence-electron chi connectivity index (χ3n) is 5.43. The second-order valence-corrected chi connectivity index (χ2v) is 9.68. The molecule has 0 bridgehead atoms. The number of carbonyl (C=O) groups is 1. The highest BCUT2D eigenvalue weighted by Gasteiger charge is 2.25. The Labute approximate surface area is 179 Å². The van der Waals surface area contributed by atoms with Gasteiger partial charge in [0.05, 0.1) is 11.3 Å². The third kappa shape index (κ3) is 6.06. The molecule has 1 saturated heterocycles. The molecular formula is C23H31N3O3S. The minimum Gasteiger partial charge on any atom is -0.375 e. The maximum Gasteiger partial charge on any atom is 0.243 e. The Morgan fingerprint density at radius 1 is 1.00 bits per heavy atom. The van der Waals surface area contributed by atoms with E-state index in [-0.39, 0.29) is 12.3 Å². The number of anilines is 1. The molecule has 3 rings (SSSR count). The van der Waals surface area contributed by atoms with Gasteiger partial charge in [-0.1, -0.05) is 36.8 Å². The molecule has 162 valence electrons. The number of carbonyl (C=O) groups excluding carboxylic acids is 1. The number of hydrogen-bond acceptors (Lipinski definition) is 4. The van der Waals surface area contributed by atoms with Crippen molar-refractivity contribution in [1.29, 1.82) is 0 Å². The van der Waals surface area contributed by atoms with Gasteiger partial charge >= 0.3 is 0 Å². The summed E-state index contributed by atoms with van der Waals surface area (Å²) >= 11 is 0. The van der Waals surface area contributed by atoms with Gasteiger partial charge in [-0.3, -0.25) is 4.79 Å². The topological polar surface area (TPSA) is 69.7 Å². The van der Waals surface area contributed by atoms with Crippen LogP contribution in [-0.4, -0.2) is 51.9 Å². The Bertz CT molecular complexity index is 908. The fourth-order valence-corrected chi connectivity index (χ4v) is 5.15. The Morgan fingerprint density at radius 3 is 2.33 bits per heavy atom. The normalized spacial score (nSPS) is 15.0. The van der Waals surface area contributed by atoms with Crippen molar-refractivity contribution in [3.63, 3.8) is 0 Å². The van der Waals surface area contributed by atoms with Gasteiger partial charge in [-0.2, -0.15) is 4.31 Å². The number of nitrogens with zero attached hydrogens (tertiary/aromatic N) is 2. The van der Waals surface area contributed by atoms with Crippen molar-refractivity contribution in [3.8, 4) is 0 Å². The van der Waals surface area contributed by atoms with Crippen molar-refractivity contribution in [3.05, 3.63) is 60.2 Å². The van der Waals surface area contributed by atoms with Crippen molar-refractivity contribution >= 4 is 21.6 Å². The van der Waals surface area contributed by atoms with Crippen LogP contribution in [0, 0.1) is 0 Å². The van der Waals surface area contributed by atoms with E-state index in [1.807, 2.05) is 25.2 Å². The molecule has 30 heavy (non-hydrogen) atoms. The molecule has 1 N–H and O–H groups in total. The molecule has 2 aromatic carbocycles. The van der Waals surface area contributed by atoms with E-state index in [4.69, 9.17) is 0 Å². The summed E-state index contributed by atoms with van der Waals surface area (Å²) in [4.78, 5) is 14.7. The van der Waals surface area contributed by atoms with Crippen LogP contribution in [0.5, 0.6) is 0 Å². The van der Waals surface area contributed by atoms with Crippen LogP contribution in [-0.2, 0) is 21.2 Å². The number of benzene rings is 2. The Hall–Kier alpha value is -2.38. The minimum atomic E-state index is -3.43. The first-order chi connectivity index (χ1) is 14.5. The summed E-state index contributed by atoms with van der Waals surface area (Å²) in [5, 5.41) is 2.94. The van der Waals surface area contributed by atoms with Gasteiger partial charge < -0.3 is 10.2 Å². The number of nitrogens with one attached hydrogen (secondary N) is 1. The van der Waals surface area contributed by atoms with Crippen molar-refractivity contribution < 1.29 is 13.2 Å². The number of amides is 1. The molecule has 1 amide bonds. The van der Waals surface area contributed by atoms with E-state index < -0.39 is 10.0 Å². The second kappa shape index (κ2) is 10.6. The summed E-state index contributed by atoms with van der Waals surface area (Å²) in [7, 11) is -1.39. The molecule has 0 aliphatic carbocycles. The number of hydrogen-bond donors (Lipinski definition) is 1. The lowest BCUT2D eigenvalue weighted by molar-refractivity contribution is -0.120. The minimum absolute atomic E-state index is 0.0519. The molecule has 0 spiro atoms. The number of rotatable bonds is 9. The summed E-state index contributed by atoms with van der Waals surface area (Å²) in [5.41, 5.74) is 1.97. The first kappa shape index (κ1) is 22.3. The highest BCUT2D eigenvalue weighted by Crippen LogP contribution is 2.21. The molecule has 6 nitrogen and oxygen atoms in total. The highest BCUT2D eigenvalue weighted by molar-refractivity contribution is 7.89. The summed E-state index contributed by atoms with van der Waals surface area (Å²) in [6.45, 7) is 2.64. The highest BCUT2D eigenvalue weighted by atomic mass is 32.2. The molecule has 7 heteroatoms. The van der Waals surface area contributed by atoms with Crippen LogP contribution in [0.4, 0.5) is 5.69 Å². The summed E-state index contributed by atoms with van der Waals surface area (Å²) in [6.07, 6.45) is 4.02. The van der Waals surface area contributed by atoms with Crippen LogP contribution in [0.15, 0.2) is 59.5 Å². The molecule has 1 aliphatic rings. The van der Waals surface area contributed by atoms with Gasteiger partial charge in [-0.15, -0.1) is 0 Å². The average Bonchev–Trinajstić information content (AvgIpc) is 2.78. The van der Waals surface area contributed by atoms with E-state index in [0.717, 1.165) is 43.5 Å². The van der Waals surface area contributed by atoms with Gasteiger partial charge in [0.1, 0.15) is 0 Å². The van der Waals surface area contributed by atoms with Crippen molar-refractivity contribution in [2.24, 2.45) is 0 Å². The summed E-state index contributed by atoms with van der Waals surface area (Å²) in [6, 6.07) is 16.8. The lowest BCUT2D eigenvalue weighted by Crippen LogP contribution is -2.35. The van der Waals surface area contributed by atoms with Gasteiger partial charge in [-0.05, 0) is 49.1 Å². The number of sulfonamides is 1. The Kier molecular flexibility index (Phi) is 7.87. The van der Waals surface area contributed by atoms with Crippen LogP contribution < -0.4 is 10.2 Å². The average molecular weight is 430 g/mol. The van der Waals surface area contributed by atoms with Crippen molar-refractivity contribution in [1.82, 2.24) is 9.62 Å². The second-order valence-electron chi connectivity index (χ2n) is 7.75. The zero-order valence-electron chi connectivity index (χ0n) is 17.6. The maximum atomic E-state index is 12.7. The molecule has 1 fully saturated rings. The zero-order chi connectivity index (χ0) is 21.4. The number of para-hydroxylation sites is 1. The van der Waals surface area contributed by atoms with E-state index in [2.05, 4.69) is 22.3 Å². The fourth-order valence-electron chi connectivity index (χ4n) is 3.64. The molecule has 0 saturated carbocycles. The van der Waals surface area contributed by atoms with Gasteiger partial charge in [-0.25, -0.2) is 8.42 Å². The van der Waals surface area contributed by atoms with E-state index in [1.165, 1.54) is 0 Å². The SMILES string of the molecule is CN(CCCNC(=O)Cc1ccc(S(=O)(=O)N2CCCCC2)cc1)c1ccccc1. The molecule has 0 radical (unpaired) electrons. The Morgan fingerprint density at radius 2 is 1.67 bits per heavy atom. The van der Waals surface area contributed by atoms with Crippen molar-refractivity contribution in [2.75, 3.05) is 38.1 Å². The predicted molar refractivity (Wildman–Crippen MR) is 120 cm³/mol. The van der Waals surface area contributed by atoms with Crippen molar-refractivity contribution in [2.45, 2.75) is 37.0 Å². The van der Waals surface area contributed by atoms with Gasteiger partial charge in [0.2, 0.25) is 15.9 Å². The molecule has 2 aromatic rings.